The minimum absolute atomic E-state index is 0.00721. The Morgan fingerprint density at radius 3 is 1.76 bits per heavy atom. The summed E-state index contributed by atoms with van der Waals surface area (Å²) in [6.07, 6.45) is 26.5. The molecule has 7 heteroatoms. The Balaban J connectivity index is 2.05. The number of carbonyl (C=O) groups excluding carboxylic acids is 1. The minimum atomic E-state index is -4.06. The zero-order valence-electron chi connectivity index (χ0n) is 25.2. The van der Waals surface area contributed by atoms with Gasteiger partial charge in [0.15, 0.2) is 0 Å². The standard InChI is InChI=1S/C31H62NO5P/c1-3-5-6-7-8-9-10-11-12-13-14-15-16-17-18-19-23-30(28-31(33)4-2)29-37-38(34,35)36-27-22-26-32-24-20-21-25-32/h30H,3-29H2,1-2H3,(H,34,35)/p+1. The van der Waals surface area contributed by atoms with E-state index >= 15 is 0 Å². The fourth-order valence-electron chi connectivity index (χ4n) is 5.56. The summed E-state index contributed by atoms with van der Waals surface area (Å²) in [4.78, 5) is 23.7. The topological polar surface area (TPSA) is 77.3 Å². The van der Waals surface area contributed by atoms with Crippen molar-refractivity contribution in [1.29, 1.82) is 0 Å². The van der Waals surface area contributed by atoms with E-state index < -0.39 is 7.82 Å². The first-order chi connectivity index (χ1) is 18.5. The molecular formula is C31H63NO5P+. The summed E-state index contributed by atoms with van der Waals surface area (Å²) in [6.45, 7) is 7.88. The van der Waals surface area contributed by atoms with Crippen LogP contribution in [0.3, 0.4) is 0 Å². The molecule has 1 fully saturated rings. The number of hydrogen-bond donors (Lipinski definition) is 2. The second-order valence-electron chi connectivity index (χ2n) is 11.7. The number of unbranched alkanes of at least 4 members (excludes halogenated alkanes) is 15. The van der Waals surface area contributed by atoms with Gasteiger partial charge >= 0.3 is 7.82 Å². The molecule has 1 heterocycles. The van der Waals surface area contributed by atoms with Crippen LogP contribution in [0.15, 0.2) is 0 Å². The number of rotatable bonds is 28. The summed E-state index contributed by atoms with van der Waals surface area (Å²) in [5.41, 5.74) is 0. The Bertz CT molecular complexity index is 597. The SMILES string of the molecule is CCCCCCCCCCCCCCCCCCC(COP(=O)(O)OCCC[NH+]1CCCC1)CC(=O)CC. The predicted molar refractivity (Wildman–Crippen MR) is 159 cm³/mol. The third-order valence-electron chi connectivity index (χ3n) is 8.09. The summed E-state index contributed by atoms with van der Waals surface area (Å²) < 4.78 is 22.8. The molecule has 1 saturated heterocycles. The summed E-state index contributed by atoms with van der Waals surface area (Å²) in [5, 5.41) is 0. The summed E-state index contributed by atoms with van der Waals surface area (Å²) >= 11 is 0. The average molecular weight is 561 g/mol. The van der Waals surface area contributed by atoms with Crippen LogP contribution in [0.4, 0.5) is 0 Å². The lowest BCUT2D eigenvalue weighted by Gasteiger charge is -2.19. The molecule has 1 aliphatic rings. The van der Waals surface area contributed by atoms with Crippen LogP contribution in [0.25, 0.3) is 0 Å². The molecule has 1 rings (SSSR count). The van der Waals surface area contributed by atoms with Gasteiger partial charge in [0.1, 0.15) is 5.78 Å². The maximum Gasteiger partial charge on any atom is 0.472 e. The highest BCUT2D eigenvalue weighted by Crippen LogP contribution is 2.44. The summed E-state index contributed by atoms with van der Waals surface area (Å²) in [6, 6.07) is 0. The molecule has 0 spiro atoms. The van der Waals surface area contributed by atoms with Crippen LogP contribution in [0.2, 0.25) is 0 Å². The van der Waals surface area contributed by atoms with E-state index in [-0.39, 0.29) is 24.9 Å². The highest BCUT2D eigenvalue weighted by Gasteiger charge is 2.24. The molecule has 2 atom stereocenters. The van der Waals surface area contributed by atoms with E-state index in [0.29, 0.717) is 12.8 Å². The number of phosphoric acid groups is 1. The van der Waals surface area contributed by atoms with Crippen molar-refractivity contribution < 1.29 is 28.2 Å². The first-order valence-electron chi connectivity index (χ1n) is 16.4. The Morgan fingerprint density at radius 2 is 1.26 bits per heavy atom. The van der Waals surface area contributed by atoms with Gasteiger partial charge in [-0.1, -0.05) is 117 Å². The molecule has 2 unspecified atom stereocenters. The van der Waals surface area contributed by atoms with Gasteiger partial charge in [0.2, 0.25) is 0 Å². The van der Waals surface area contributed by atoms with Gasteiger partial charge < -0.3 is 9.79 Å². The van der Waals surface area contributed by atoms with E-state index in [1.165, 1.54) is 116 Å². The van der Waals surface area contributed by atoms with Gasteiger partial charge in [-0.2, -0.15) is 0 Å². The van der Waals surface area contributed by atoms with Crippen molar-refractivity contribution in [2.75, 3.05) is 32.8 Å². The van der Waals surface area contributed by atoms with Crippen LogP contribution in [0.5, 0.6) is 0 Å². The monoisotopic (exact) mass is 560 g/mol. The van der Waals surface area contributed by atoms with Crippen LogP contribution in [-0.4, -0.2) is 43.5 Å². The van der Waals surface area contributed by atoms with Crippen LogP contribution < -0.4 is 4.90 Å². The number of nitrogens with one attached hydrogen (secondary N) is 1. The molecule has 226 valence electrons. The summed E-state index contributed by atoms with van der Waals surface area (Å²) in [7, 11) is -4.06. The molecule has 0 aliphatic carbocycles. The molecule has 6 nitrogen and oxygen atoms in total. The van der Waals surface area contributed by atoms with Gasteiger partial charge in [-0.15, -0.1) is 0 Å². The molecule has 1 aliphatic heterocycles. The number of phosphoric ester groups is 1. The van der Waals surface area contributed by atoms with Crippen LogP contribution >= 0.6 is 7.82 Å². The van der Waals surface area contributed by atoms with E-state index in [0.717, 1.165) is 32.2 Å². The van der Waals surface area contributed by atoms with Crippen LogP contribution in [0, 0.1) is 5.92 Å². The van der Waals surface area contributed by atoms with Crippen molar-refractivity contribution in [1.82, 2.24) is 0 Å². The number of quaternary nitrogens is 1. The van der Waals surface area contributed by atoms with Crippen molar-refractivity contribution >= 4 is 13.6 Å². The zero-order chi connectivity index (χ0) is 27.7. The Labute approximate surface area is 235 Å². The van der Waals surface area contributed by atoms with Crippen molar-refractivity contribution in [3.63, 3.8) is 0 Å². The number of likely N-dealkylation sites (tertiary alicyclic amines) is 1. The molecule has 38 heavy (non-hydrogen) atoms. The van der Waals surface area contributed by atoms with Crippen LogP contribution in [0.1, 0.15) is 155 Å². The lowest BCUT2D eigenvalue weighted by molar-refractivity contribution is -0.887. The number of Topliss-reactive ketones (excluding diaryl/α,β-unsaturated/α-hetero) is 1. The fourth-order valence-corrected chi connectivity index (χ4v) is 6.39. The number of carbonyl (C=O) groups is 1. The average Bonchev–Trinajstić information content (AvgIpc) is 3.43. The normalized spacial score (nSPS) is 16.6. The van der Waals surface area contributed by atoms with Crippen LogP contribution in [-0.2, 0) is 18.4 Å². The van der Waals surface area contributed by atoms with E-state index in [1.807, 2.05) is 6.92 Å². The highest BCUT2D eigenvalue weighted by atomic mass is 31.2. The maximum atomic E-state index is 12.3. The Hall–Kier alpha value is -0.260. The predicted octanol–water partition coefficient (Wildman–Crippen LogP) is 7.83. The van der Waals surface area contributed by atoms with Crippen molar-refractivity contribution in [3.8, 4) is 0 Å². The zero-order valence-corrected chi connectivity index (χ0v) is 26.1. The van der Waals surface area contributed by atoms with E-state index in [9.17, 15) is 14.3 Å². The van der Waals surface area contributed by atoms with E-state index in [4.69, 9.17) is 9.05 Å². The van der Waals surface area contributed by atoms with Gasteiger partial charge in [-0.25, -0.2) is 4.57 Å². The van der Waals surface area contributed by atoms with Gasteiger partial charge in [-0.05, 0) is 12.3 Å². The molecular weight excluding hydrogens is 497 g/mol. The largest absolute Gasteiger partial charge is 0.472 e. The maximum absolute atomic E-state index is 12.3. The third kappa shape index (κ3) is 21.5. The molecule has 0 aromatic heterocycles. The quantitative estimate of drug-likeness (QED) is 0.0753. The molecule has 0 aromatic carbocycles. The van der Waals surface area contributed by atoms with Crippen molar-refractivity contribution in [2.45, 2.75) is 155 Å². The first kappa shape index (κ1) is 35.8. The Morgan fingerprint density at radius 1 is 0.763 bits per heavy atom. The third-order valence-corrected chi connectivity index (χ3v) is 9.07. The smallest absolute Gasteiger partial charge is 0.335 e. The Kier molecular flexibility index (Phi) is 23.1. The molecule has 0 amide bonds. The van der Waals surface area contributed by atoms with Gasteiger partial charge in [-0.3, -0.25) is 13.8 Å². The lowest BCUT2D eigenvalue weighted by Crippen LogP contribution is -3.10. The van der Waals surface area contributed by atoms with Crippen molar-refractivity contribution in [3.05, 3.63) is 0 Å². The fraction of sp³-hybridized carbons (Fsp3) is 0.968. The number of hydrogen-bond acceptors (Lipinski definition) is 4. The van der Waals surface area contributed by atoms with Gasteiger partial charge in [0.05, 0.1) is 32.8 Å². The van der Waals surface area contributed by atoms with E-state index in [1.54, 1.807) is 4.90 Å². The van der Waals surface area contributed by atoms with Gasteiger partial charge in [0, 0.05) is 32.1 Å². The molecule has 0 saturated carbocycles. The number of ketones is 1. The van der Waals surface area contributed by atoms with Gasteiger partial charge in [0.25, 0.3) is 0 Å². The van der Waals surface area contributed by atoms with Crippen molar-refractivity contribution in [2.24, 2.45) is 5.92 Å². The molecule has 0 aromatic rings. The molecule has 0 bridgehead atoms. The second kappa shape index (κ2) is 24.5. The molecule has 0 radical (unpaired) electrons. The lowest BCUT2D eigenvalue weighted by atomic mass is 9.95. The second-order valence-corrected chi connectivity index (χ2v) is 13.2. The highest BCUT2D eigenvalue weighted by molar-refractivity contribution is 7.47. The first-order valence-corrected chi connectivity index (χ1v) is 17.9. The minimum Gasteiger partial charge on any atom is -0.335 e. The summed E-state index contributed by atoms with van der Waals surface area (Å²) in [5.74, 6) is 0.185. The van der Waals surface area contributed by atoms with E-state index in [2.05, 4.69) is 6.92 Å². The molecule has 2 N–H and O–H groups in total.